The third-order valence-corrected chi connectivity index (χ3v) is 2.59. The van der Waals surface area contributed by atoms with Crippen LogP contribution >= 0.6 is 0 Å². The van der Waals surface area contributed by atoms with Crippen molar-refractivity contribution in [3.8, 4) is 0 Å². The molecule has 4 nitrogen and oxygen atoms in total. The van der Waals surface area contributed by atoms with Crippen molar-refractivity contribution < 1.29 is 27.8 Å². The predicted octanol–water partition coefficient (Wildman–Crippen LogP) is 2.22. The second kappa shape index (κ2) is 8.73. The highest BCUT2D eigenvalue weighted by Crippen LogP contribution is 2.13. The van der Waals surface area contributed by atoms with Crippen LogP contribution in [0.3, 0.4) is 0 Å². The molecule has 1 aromatic carbocycles. The summed E-state index contributed by atoms with van der Waals surface area (Å²) in [6.45, 7) is 2.96. The summed E-state index contributed by atoms with van der Waals surface area (Å²) in [7, 11) is 1.57. The summed E-state index contributed by atoms with van der Waals surface area (Å²) in [6.07, 6.45) is -0.819. The molecule has 1 atom stereocenters. The van der Waals surface area contributed by atoms with Gasteiger partial charge in [-0.05, 0) is 19.1 Å². The van der Waals surface area contributed by atoms with Gasteiger partial charge in [-0.2, -0.15) is 0 Å². The first-order chi connectivity index (χ1) is 9.56. The van der Waals surface area contributed by atoms with Gasteiger partial charge in [-0.25, -0.2) is 8.78 Å². The van der Waals surface area contributed by atoms with Crippen LogP contribution in [0.1, 0.15) is 17.3 Å². The van der Waals surface area contributed by atoms with Crippen LogP contribution in [-0.2, 0) is 14.2 Å². The zero-order valence-electron chi connectivity index (χ0n) is 11.5. The smallest absolute Gasteiger partial charge is 0.194 e. The van der Waals surface area contributed by atoms with Gasteiger partial charge < -0.3 is 14.2 Å². The number of hydrogen-bond donors (Lipinski definition) is 0. The monoisotopic (exact) mass is 288 g/mol. The summed E-state index contributed by atoms with van der Waals surface area (Å²) < 4.78 is 41.4. The Hall–Kier alpha value is -1.37. The zero-order valence-corrected chi connectivity index (χ0v) is 11.5. The largest absolute Gasteiger partial charge is 0.382 e. The molecule has 0 N–H and O–H groups in total. The van der Waals surface area contributed by atoms with Gasteiger partial charge in [0, 0.05) is 13.2 Å². The molecule has 0 radical (unpaired) electrons. The van der Waals surface area contributed by atoms with Gasteiger partial charge in [0.1, 0.15) is 17.7 Å². The molecule has 0 bridgehead atoms. The maximum atomic E-state index is 13.4. The van der Waals surface area contributed by atoms with Crippen molar-refractivity contribution in [1.29, 1.82) is 0 Å². The quantitative estimate of drug-likeness (QED) is 0.516. The highest BCUT2D eigenvalue weighted by Gasteiger charge is 2.19. The summed E-state index contributed by atoms with van der Waals surface area (Å²) in [5.41, 5.74) is -0.181. The van der Waals surface area contributed by atoms with E-state index in [0.717, 1.165) is 12.1 Å². The van der Waals surface area contributed by atoms with Crippen LogP contribution in [0.2, 0.25) is 0 Å². The molecule has 0 aliphatic rings. The molecule has 1 unspecified atom stereocenters. The Labute approximate surface area is 116 Å². The van der Waals surface area contributed by atoms with Crippen LogP contribution in [0.5, 0.6) is 0 Å². The lowest BCUT2D eigenvalue weighted by atomic mass is 10.1. The number of carbonyl (C=O) groups is 1. The molecule has 6 heteroatoms. The van der Waals surface area contributed by atoms with Crippen LogP contribution in [-0.4, -0.2) is 45.4 Å². The lowest BCUT2D eigenvalue weighted by molar-refractivity contribution is 0.00341. The lowest BCUT2D eigenvalue weighted by Gasteiger charge is -2.12. The molecule has 0 aromatic heterocycles. The summed E-state index contributed by atoms with van der Waals surface area (Å²) in [4.78, 5) is 11.9. The molecule has 20 heavy (non-hydrogen) atoms. The van der Waals surface area contributed by atoms with Gasteiger partial charge in [-0.1, -0.05) is 0 Å². The van der Waals surface area contributed by atoms with Crippen LogP contribution in [0.25, 0.3) is 0 Å². The van der Waals surface area contributed by atoms with E-state index in [1.54, 1.807) is 7.11 Å². The number of benzene rings is 1. The van der Waals surface area contributed by atoms with Crippen LogP contribution in [0.15, 0.2) is 18.2 Å². The average Bonchev–Trinajstić information content (AvgIpc) is 2.41. The molecule has 1 rings (SSSR count). The number of carbonyl (C=O) groups excluding carboxylic acids is 1. The second-order valence-corrected chi connectivity index (χ2v) is 4.11. The van der Waals surface area contributed by atoms with Crippen LogP contribution < -0.4 is 0 Å². The summed E-state index contributed by atoms with van der Waals surface area (Å²) >= 11 is 0. The van der Waals surface area contributed by atoms with Gasteiger partial charge in [0.25, 0.3) is 0 Å². The number of ketones is 1. The Morgan fingerprint density at radius 3 is 2.55 bits per heavy atom. The van der Waals surface area contributed by atoms with Crippen LogP contribution in [0, 0.1) is 11.6 Å². The first kappa shape index (κ1) is 16.7. The van der Waals surface area contributed by atoms with E-state index in [4.69, 9.17) is 14.2 Å². The van der Waals surface area contributed by atoms with Crippen LogP contribution in [0.4, 0.5) is 8.78 Å². The Morgan fingerprint density at radius 2 is 1.90 bits per heavy atom. The fourth-order valence-corrected chi connectivity index (χ4v) is 1.51. The highest BCUT2D eigenvalue weighted by atomic mass is 19.1. The van der Waals surface area contributed by atoms with Gasteiger partial charge in [0.05, 0.1) is 32.0 Å². The fraction of sp³-hybridized carbons (Fsp3) is 0.500. The standard InChI is InChI=1S/C14H18F2O4/c1-10(20-8-7-19-6-5-18-2)14(17)12-4-3-11(15)9-13(12)16/h3-4,9-10H,5-8H2,1-2H3. The molecule has 0 saturated heterocycles. The maximum absolute atomic E-state index is 13.4. The normalized spacial score (nSPS) is 12.4. The molecule has 0 saturated carbocycles. The van der Waals surface area contributed by atoms with Crippen molar-refractivity contribution in [2.24, 2.45) is 0 Å². The molecule has 0 aliphatic carbocycles. The zero-order chi connectivity index (χ0) is 15.0. The lowest BCUT2D eigenvalue weighted by Crippen LogP contribution is -2.24. The molecule has 0 fully saturated rings. The topological polar surface area (TPSA) is 44.8 Å². The molecule has 0 heterocycles. The molecule has 112 valence electrons. The van der Waals surface area contributed by atoms with Gasteiger partial charge in [0.15, 0.2) is 5.78 Å². The second-order valence-electron chi connectivity index (χ2n) is 4.11. The molecule has 0 amide bonds. The minimum absolute atomic E-state index is 0.181. The first-order valence-corrected chi connectivity index (χ1v) is 6.23. The Morgan fingerprint density at radius 1 is 1.20 bits per heavy atom. The molecular formula is C14H18F2O4. The molecular weight excluding hydrogens is 270 g/mol. The Bertz CT molecular complexity index is 437. The first-order valence-electron chi connectivity index (χ1n) is 6.23. The summed E-state index contributed by atoms with van der Waals surface area (Å²) in [5, 5.41) is 0. The van der Waals surface area contributed by atoms with Crippen molar-refractivity contribution in [3.63, 3.8) is 0 Å². The van der Waals surface area contributed by atoms with Crippen molar-refractivity contribution >= 4 is 5.78 Å². The maximum Gasteiger partial charge on any atom is 0.194 e. The van der Waals surface area contributed by atoms with E-state index in [9.17, 15) is 13.6 Å². The number of halogens is 2. The third kappa shape index (κ3) is 5.32. The van der Waals surface area contributed by atoms with Gasteiger partial charge in [-0.3, -0.25) is 4.79 Å². The van der Waals surface area contributed by atoms with E-state index < -0.39 is 23.5 Å². The van der Waals surface area contributed by atoms with Gasteiger partial charge >= 0.3 is 0 Å². The third-order valence-electron chi connectivity index (χ3n) is 2.59. The molecule has 0 spiro atoms. The SMILES string of the molecule is COCCOCCOC(C)C(=O)c1ccc(F)cc1F. The van der Waals surface area contributed by atoms with E-state index >= 15 is 0 Å². The van der Waals surface area contributed by atoms with Gasteiger partial charge in [-0.15, -0.1) is 0 Å². The molecule has 1 aromatic rings. The minimum Gasteiger partial charge on any atom is -0.382 e. The fourth-order valence-electron chi connectivity index (χ4n) is 1.51. The predicted molar refractivity (Wildman–Crippen MR) is 68.8 cm³/mol. The minimum atomic E-state index is -0.887. The number of ether oxygens (including phenoxy) is 3. The van der Waals surface area contributed by atoms with Gasteiger partial charge in [0.2, 0.25) is 0 Å². The Balaban J connectivity index is 2.39. The average molecular weight is 288 g/mol. The van der Waals surface area contributed by atoms with E-state index in [2.05, 4.69) is 0 Å². The highest BCUT2D eigenvalue weighted by molar-refractivity contribution is 5.99. The summed E-state index contributed by atoms with van der Waals surface area (Å²) in [5.74, 6) is -2.14. The van der Waals surface area contributed by atoms with Crippen molar-refractivity contribution in [1.82, 2.24) is 0 Å². The van der Waals surface area contributed by atoms with Crippen molar-refractivity contribution in [3.05, 3.63) is 35.4 Å². The number of hydrogen-bond acceptors (Lipinski definition) is 4. The Kier molecular flexibility index (Phi) is 7.28. The van der Waals surface area contributed by atoms with E-state index in [1.807, 2.05) is 0 Å². The summed E-state index contributed by atoms with van der Waals surface area (Å²) in [6, 6.07) is 2.83. The van der Waals surface area contributed by atoms with Crippen molar-refractivity contribution in [2.45, 2.75) is 13.0 Å². The number of methoxy groups -OCH3 is 1. The van der Waals surface area contributed by atoms with E-state index in [-0.39, 0.29) is 12.2 Å². The number of rotatable bonds is 9. The molecule has 0 aliphatic heterocycles. The van der Waals surface area contributed by atoms with Crippen molar-refractivity contribution in [2.75, 3.05) is 33.5 Å². The number of Topliss-reactive ketones (excluding diaryl/α,β-unsaturated/α-hetero) is 1. The van der Waals surface area contributed by atoms with E-state index in [0.29, 0.717) is 25.9 Å². The van der Waals surface area contributed by atoms with E-state index in [1.165, 1.54) is 6.92 Å².